The molecule has 0 saturated carbocycles. The lowest BCUT2D eigenvalue weighted by Crippen LogP contribution is -2.51. The smallest absolute Gasteiger partial charge is 0.417 e. The molecule has 0 bridgehead atoms. The topological polar surface area (TPSA) is 76.1 Å². The highest BCUT2D eigenvalue weighted by Crippen LogP contribution is 2.39. The van der Waals surface area contributed by atoms with Gasteiger partial charge in [-0.25, -0.2) is 9.69 Å². The standard InChI is InChI=1S/C30H43NO5Si/c1-20(2)26-18-35-28(34)31(26)27(33)30(7,19-36-37(8,9)29(4,5)6)15-14-22-10-11-23-12-13-24(21(3)32)17-25(23)16-22/h10-17,20-21,26,32H,18-19H2,1-9H3. The Bertz CT molecular complexity index is 1180. The van der Waals surface area contributed by atoms with Crippen LogP contribution in [-0.4, -0.2) is 49.6 Å². The molecule has 2 aromatic rings. The molecule has 1 fully saturated rings. The van der Waals surface area contributed by atoms with E-state index < -0.39 is 25.9 Å². The van der Waals surface area contributed by atoms with Gasteiger partial charge in [0.05, 0.1) is 24.2 Å². The Morgan fingerprint density at radius 3 is 2.38 bits per heavy atom. The van der Waals surface area contributed by atoms with E-state index in [1.807, 2.05) is 69.3 Å². The summed E-state index contributed by atoms with van der Waals surface area (Å²) in [5.74, 6) is -0.227. The van der Waals surface area contributed by atoms with Crippen molar-refractivity contribution in [3.8, 4) is 0 Å². The number of carbonyl (C=O) groups excluding carboxylic acids is 2. The summed E-state index contributed by atoms with van der Waals surface area (Å²) in [5.41, 5.74) is 0.706. The van der Waals surface area contributed by atoms with Gasteiger partial charge in [0.1, 0.15) is 6.61 Å². The van der Waals surface area contributed by atoms with Gasteiger partial charge >= 0.3 is 6.09 Å². The van der Waals surface area contributed by atoms with E-state index in [-0.39, 0.29) is 36.1 Å². The third-order valence-electron chi connectivity index (χ3n) is 7.94. The van der Waals surface area contributed by atoms with E-state index in [0.29, 0.717) is 0 Å². The molecule has 1 aliphatic heterocycles. The van der Waals surface area contributed by atoms with E-state index in [0.717, 1.165) is 21.9 Å². The van der Waals surface area contributed by atoms with Gasteiger partial charge < -0.3 is 14.3 Å². The number of rotatable bonds is 8. The van der Waals surface area contributed by atoms with Gasteiger partial charge in [-0.1, -0.05) is 71.0 Å². The molecule has 6 nitrogen and oxygen atoms in total. The van der Waals surface area contributed by atoms with Crippen molar-refractivity contribution in [2.75, 3.05) is 13.2 Å². The first-order chi connectivity index (χ1) is 17.1. The second-order valence-electron chi connectivity index (χ2n) is 12.4. The number of hydrogen-bond donors (Lipinski definition) is 1. The zero-order valence-electron chi connectivity index (χ0n) is 23.8. The fourth-order valence-corrected chi connectivity index (χ4v) is 5.18. The predicted octanol–water partition coefficient (Wildman–Crippen LogP) is 6.94. The van der Waals surface area contributed by atoms with Gasteiger partial charge in [0.2, 0.25) is 5.91 Å². The number of aliphatic hydroxyl groups excluding tert-OH is 1. The molecule has 37 heavy (non-hydrogen) atoms. The molecule has 0 aromatic heterocycles. The van der Waals surface area contributed by atoms with Gasteiger partial charge in [0.15, 0.2) is 8.32 Å². The van der Waals surface area contributed by atoms with Crippen molar-refractivity contribution in [2.45, 2.75) is 78.7 Å². The molecule has 1 saturated heterocycles. The third kappa shape index (κ3) is 6.33. The number of benzene rings is 2. The second-order valence-corrected chi connectivity index (χ2v) is 17.2. The molecule has 2 amide bonds. The minimum Gasteiger partial charge on any atom is -0.447 e. The third-order valence-corrected chi connectivity index (χ3v) is 12.4. The SMILES string of the molecule is CC(O)c1ccc2ccc(C=CC(C)(CO[Si](C)(C)C(C)(C)C)C(=O)N3C(=O)OCC3C(C)C)cc2c1. The molecule has 0 aliphatic carbocycles. The summed E-state index contributed by atoms with van der Waals surface area (Å²) in [5, 5.41) is 12.0. The van der Waals surface area contributed by atoms with E-state index in [2.05, 4.69) is 33.9 Å². The predicted molar refractivity (Wildman–Crippen MR) is 152 cm³/mol. The number of cyclic esters (lactones) is 1. The van der Waals surface area contributed by atoms with Crippen LogP contribution in [0.15, 0.2) is 42.5 Å². The Morgan fingerprint density at radius 1 is 1.14 bits per heavy atom. The molecule has 3 atom stereocenters. The van der Waals surface area contributed by atoms with Crippen molar-refractivity contribution in [3.05, 3.63) is 53.6 Å². The summed E-state index contributed by atoms with van der Waals surface area (Å²) >= 11 is 0. The van der Waals surface area contributed by atoms with Gasteiger partial charge in [0, 0.05) is 0 Å². The molecule has 3 rings (SSSR count). The molecule has 202 valence electrons. The molecular formula is C30H43NO5Si. The Hall–Kier alpha value is -2.48. The maximum atomic E-state index is 14.0. The fraction of sp³-hybridized carbons (Fsp3) is 0.533. The number of imide groups is 1. The fourth-order valence-electron chi connectivity index (χ4n) is 4.09. The highest BCUT2D eigenvalue weighted by molar-refractivity contribution is 6.74. The molecule has 1 aliphatic rings. The average Bonchev–Trinajstić information content (AvgIpc) is 3.21. The van der Waals surface area contributed by atoms with Crippen molar-refractivity contribution >= 4 is 37.2 Å². The number of amides is 2. The van der Waals surface area contributed by atoms with Crippen molar-refractivity contribution < 1.29 is 23.9 Å². The van der Waals surface area contributed by atoms with Crippen molar-refractivity contribution in [1.29, 1.82) is 0 Å². The lowest BCUT2D eigenvalue weighted by Gasteiger charge is -2.39. The summed E-state index contributed by atoms with van der Waals surface area (Å²) < 4.78 is 11.8. The number of aliphatic hydroxyl groups is 1. The van der Waals surface area contributed by atoms with Crippen LogP contribution in [0.3, 0.4) is 0 Å². The zero-order valence-corrected chi connectivity index (χ0v) is 24.8. The van der Waals surface area contributed by atoms with E-state index in [1.54, 1.807) is 6.92 Å². The summed E-state index contributed by atoms with van der Waals surface area (Å²) in [4.78, 5) is 27.9. The average molecular weight is 526 g/mol. The van der Waals surface area contributed by atoms with Crippen LogP contribution in [-0.2, 0) is 14.0 Å². The molecular weight excluding hydrogens is 482 g/mol. The number of ether oxygens (including phenoxy) is 1. The van der Waals surface area contributed by atoms with Gasteiger partial charge in [-0.05, 0) is 71.9 Å². The van der Waals surface area contributed by atoms with Crippen LogP contribution >= 0.6 is 0 Å². The number of hydrogen-bond acceptors (Lipinski definition) is 5. The minimum absolute atomic E-state index is 0.0202. The second kappa shape index (κ2) is 10.7. The Balaban J connectivity index is 2.00. The number of carbonyl (C=O) groups is 2. The molecule has 1 heterocycles. The molecule has 1 N–H and O–H groups in total. The lowest BCUT2D eigenvalue weighted by molar-refractivity contribution is -0.138. The van der Waals surface area contributed by atoms with E-state index in [9.17, 15) is 14.7 Å². The number of fused-ring (bicyclic) bond motifs is 1. The van der Waals surface area contributed by atoms with Crippen LogP contribution in [0.5, 0.6) is 0 Å². The first-order valence-corrected chi connectivity index (χ1v) is 16.0. The van der Waals surface area contributed by atoms with Gasteiger partial charge in [-0.3, -0.25) is 4.79 Å². The Kier molecular flexibility index (Phi) is 8.42. The highest BCUT2D eigenvalue weighted by Gasteiger charge is 2.47. The monoisotopic (exact) mass is 525 g/mol. The maximum Gasteiger partial charge on any atom is 0.417 e. The Morgan fingerprint density at radius 2 is 1.78 bits per heavy atom. The maximum absolute atomic E-state index is 14.0. The normalized spacial score (nSPS) is 19.5. The summed E-state index contributed by atoms with van der Waals surface area (Å²) in [6.07, 6.45) is 2.65. The van der Waals surface area contributed by atoms with Crippen molar-refractivity contribution in [2.24, 2.45) is 11.3 Å². The van der Waals surface area contributed by atoms with Crippen LogP contribution in [0.4, 0.5) is 4.79 Å². The molecule has 2 aromatic carbocycles. The molecule has 0 radical (unpaired) electrons. The molecule has 0 spiro atoms. The van der Waals surface area contributed by atoms with Crippen LogP contribution in [0.2, 0.25) is 18.1 Å². The molecule has 3 unspecified atom stereocenters. The van der Waals surface area contributed by atoms with Gasteiger partial charge in [0.25, 0.3) is 0 Å². The first kappa shape index (κ1) is 29.1. The van der Waals surface area contributed by atoms with Crippen LogP contribution in [0.25, 0.3) is 16.8 Å². The van der Waals surface area contributed by atoms with Gasteiger partial charge in [-0.2, -0.15) is 0 Å². The van der Waals surface area contributed by atoms with E-state index in [4.69, 9.17) is 9.16 Å². The largest absolute Gasteiger partial charge is 0.447 e. The first-order valence-electron chi connectivity index (χ1n) is 13.1. The quantitative estimate of drug-likeness (QED) is 0.378. The van der Waals surface area contributed by atoms with E-state index in [1.165, 1.54) is 4.90 Å². The number of nitrogens with zero attached hydrogens (tertiary/aromatic N) is 1. The summed E-state index contributed by atoms with van der Waals surface area (Å²) in [7, 11) is -2.16. The van der Waals surface area contributed by atoms with Crippen molar-refractivity contribution in [3.63, 3.8) is 0 Å². The van der Waals surface area contributed by atoms with Crippen LogP contribution < -0.4 is 0 Å². The molecule has 7 heteroatoms. The Labute approximate surface area is 222 Å². The van der Waals surface area contributed by atoms with Crippen LogP contribution in [0, 0.1) is 11.3 Å². The minimum atomic E-state index is -2.16. The van der Waals surface area contributed by atoms with E-state index >= 15 is 0 Å². The van der Waals surface area contributed by atoms with Gasteiger partial charge in [-0.15, -0.1) is 0 Å². The summed E-state index contributed by atoms with van der Waals surface area (Å²) in [6.45, 7) is 18.8. The van der Waals surface area contributed by atoms with Crippen LogP contribution in [0.1, 0.15) is 65.7 Å². The zero-order chi connectivity index (χ0) is 27.8. The lowest BCUT2D eigenvalue weighted by atomic mass is 9.87. The highest BCUT2D eigenvalue weighted by atomic mass is 28.4. The summed E-state index contributed by atoms with van der Waals surface area (Å²) in [6, 6.07) is 11.7. The van der Waals surface area contributed by atoms with Crippen molar-refractivity contribution in [1.82, 2.24) is 4.90 Å².